The smallest absolute Gasteiger partial charge is 0.331 e. The Balaban J connectivity index is 1.85. The van der Waals surface area contributed by atoms with Gasteiger partial charge in [-0.2, -0.15) is 0 Å². The molecule has 0 radical (unpaired) electrons. The molecule has 2 rings (SSSR count). The fourth-order valence-corrected chi connectivity index (χ4v) is 2.48. The third kappa shape index (κ3) is 4.91. The van der Waals surface area contributed by atoms with Crippen LogP contribution < -0.4 is 0 Å². The number of likely N-dealkylation sites (tertiary alicyclic amines) is 1. The van der Waals surface area contributed by atoms with E-state index in [9.17, 15) is 19.7 Å². The molecule has 0 atom stereocenters. The van der Waals surface area contributed by atoms with Crippen molar-refractivity contribution in [1.29, 1.82) is 0 Å². The number of nitro groups is 1. The van der Waals surface area contributed by atoms with Crippen molar-refractivity contribution in [2.45, 2.75) is 19.8 Å². The van der Waals surface area contributed by atoms with Crippen molar-refractivity contribution in [3.05, 3.63) is 46.0 Å². The number of piperidine rings is 1. The maximum Gasteiger partial charge on any atom is 0.331 e. The summed E-state index contributed by atoms with van der Waals surface area (Å²) in [5, 5.41) is 10.9. The second kappa shape index (κ2) is 8.24. The minimum absolute atomic E-state index is 0.0972. The normalized spacial score (nSPS) is 15.5. The molecule has 0 N–H and O–H groups in total. The van der Waals surface area contributed by atoms with Crippen molar-refractivity contribution in [3.63, 3.8) is 0 Å². The maximum atomic E-state index is 12.0. The second-order valence-electron chi connectivity index (χ2n) is 5.82. The lowest BCUT2D eigenvalue weighted by Crippen LogP contribution is -2.40. The Bertz CT molecular complexity index is 648. The molecule has 1 amide bonds. The van der Waals surface area contributed by atoms with Crippen molar-refractivity contribution in [2.24, 2.45) is 5.92 Å². The monoisotopic (exact) mass is 332 g/mol. The second-order valence-corrected chi connectivity index (χ2v) is 5.82. The summed E-state index contributed by atoms with van der Waals surface area (Å²) in [5.74, 6) is -0.303. The molecule has 1 aliphatic heterocycles. The summed E-state index contributed by atoms with van der Waals surface area (Å²) >= 11 is 0. The molecule has 1 heterocycles. The Kier molecular flexibility index (Phi) is 6.06. The number of ether oxygens (including phenoxy) is 1. The van der Waals surface area contributed by atoms with E-state index >= 15 is 0 Å². The van der Waals surface area contributed by atoms with Crippen molar-refractivity contribution in [3.8, 4) is 0 Å². The first kappa shape index (κ1) is 17.7. The van der Waals surface area contributed by atoms with Gasteiger partial charge < -0.3 is 9.64 Å². The van der Waals surface area contributed by atoms with Gasteiger partial charge in [-0.1, -0.05) is 19.1 Å². The van der Waals surface area contributed by atoms with Gasteiger partial charge in [0, 0.05) is 25.2 Å². The van der Waals surface area contributed by atoms with Gasteiger partial charge in [0.2, 0.25) is 0 Å². The van der Waals surface area contributed by atoms with Gasteiger partial charge in [0.15, 0.2) is 6.61 Å². The largest absolute Gasteiger partial charge is 0.452 e. The Morgan fingerprint density at radius 3 is 2.67 bits per heavy atom. The van der Waals surface area contributed by atoms with E-state index in [4.69, 9.17) is 4.74 Å². The van der Waals surface area contributed by atoms with Crippen molar-refractivity contribution in [1.82, 2.24) is 4.90 Å². The van der Waals surface area contributed by atoms with Gasteiger partial charge in [-0.25, -0.2) is 4.79 Å². The molecule has 24 heavy (non-hydrogen) atoms. The van der Waals surface area contributed by atoms with Gasteiger partial charge in [-0.3, -0.25) is 14.9 Å². The van der Waals surface area contributed by atoms with E-state index < -0.39 is 10.9 Å². The van der Waals surface area contributed by atoms with E-state index in [1.165, 1.54) is 18.2 Å². The van der Waals surface area contributed by atoms with Crippen LogP contribution in [0.5, 0.6) is 0 Å². The van der Waals surface area contributed by atoms with Crippen molar-refractivity contribution >= 4 is 23.6 Å². The van der Waals surface area contributed by atoms with Crippen LogP contribution in [-0.4, -0.2) is 41.4 Å². The number of nitro benzene ring substituents is 1. The number of benzene rings is 1. The van der Waals surface area contributed by atoms with Crippen LogP contribution in [0, 0.1) is 16.0 Å². The number of para-hydroxylation sites is 1. The Morgan fingerprint density at radius 1 is 1.33 bits per heavy atom. The van der Waals surface area contributed by atoms with Crippen LogP contribution >= 0.6 is 0 Å². The maximum absolute atomic E-state index is 12.0. The zero-order valence-corrected chi connectivity index (χ0v) is 13.5. The molecular formula is C17H20N2O5. The quantitative estimate of drug-likeness (QED) is 0.357. The third-order valence-corrected chi connectivity index (χ3v) is 4.01. The minimum atomic E-state index is -0.702. The van der Waals surface area contributed by atoms with Crippen LogP contribution in [0.4, 0.5) is 5.69 Å². The van der Waals surface area contributed by atoms with E-state index in [-0.39, 0.29) is 18.2 Å². The lowest BCUT2D eigenvalue weighted by atomic mass is 9.99. The van der Waals surface area contributed by atoms with E-state index in [0.717, 1.165) is 18.9 Å². The number of hydrogen-bond acceptors (Lipinski definition) is 5. The average Bonchev–Trinajstić information content (AvgIpc) is 2.58. The molecule has 1 fully saturated rings. The fourth-order valence-electron chi connectivity index (χ4n) is 2.48. The highest BCUT2D eigenvalue weighted by atomic mass is 16.6. The van der Waals surface area contributed by atoms with E-state index in [2.05, 4.69) is 6.92 Å². The summed E-state index contributed by atoms with van der Waals surface area (Å²) in [5.41, 5.74) is 0.204. The molecule has 7 nitrogen and oxygen atoms in total. The zero-order valence-electron chi connectivity index (χ0n) is 13.5. The van der Waals surface area contributed by atoms with Gasteiger partial charge in [-0.15, -0.1) is 0 Å². The average molecular weight is 332 g/mol. The van der Waals surface area contributed by atoms with Gasteiger partial charge >= 0.3 is 5.97 Å². The van der Waals surface area contributed by atoms with Crippen LogP contribution in [0.1, 0.15) is 25.3 Å². The first-order valence-corrected chi connectivity index (χ1v) is 7.83. The molecule has 1 saturated heterocycles. The molecule has 7 heteroatoms. The van der Waals surface area contributed by atoms with Crippen LogP contribution in [0.3, 0.4) is 0 Å². The molecule has 1 aliphatic rings. The lowest BCUT2D eigenvalue weighted by Gasteiger charge is -2.30. The fraction of sp³-hybridized carbons (Fsp3) is 0.412. The minimum Gasteiger partial charge on any atom is -0.452 e. The number of esters is 1. The third-order valence-electron chi connectivity index (χ3n) is 4.01. The first-order valence-electron chi connectivity index (χ1n) is 7.83. The van der Waals surface area contributed by atoms with E-state index in [1.54, 1.807) is 17.0 Å². The molecule has 0 saturated carbocycles. The Labute approximate surface area is 140 Å². The van der Waals surface area contributed by atoms with E-state index in [0.29, 0.717) is 24.6 Å². The van der Waals surface area contributed by atoms with Crippen molar-refractivity contribution < 1.29 is 19.2 Å². The van der Waals surface area contributed by atoms with Gasteiger partial charge in [0.25, 0.3) is 11.6 Å². The number of nitrogens with zero attached hydrogens (tertiary/aromatic N) is 2. The van der Waals surface area contributed by atoms with Crippen molar-refractivity contribution in [2.75, 3.05) is 19.7 Å². The summed E-state index contributed by atoms with van der Waals surface area (Å²) < 4.78 is 4.92. The highest BCUT2D eigenvalue weighted by Gasteiger charge is 2.20. The Hall–Kier alpha value is -2.70. The summed E-state index contributed by atoms with van der Waals surface area (Å²) in [4.78, 5) is 35.7. The summed E-state index contributed by atoms with van der Waals surface area (Å²) in [6.45, 7) is 3.21. The summed E-state index contributed by atoms with van der Waals surface area (Å²) in [6.07, 6.45) is 4.32. The van der Waals surface area contributed by atoms with E-state index in [1.807, 2.05) is 0 Å². The van der Waals surface area contributed by atoms with Gasteiger partial charge in [0.1, 0.15) is 0 Å². The predicted molar refractivity (Wildman–Crippen MR) is 88.1 cm³/mol. The summed E-state index contributed by atoms with van der Waals surface area (Å²) in [6, 6.07) is 6.07. The predicted octanol–water partition coefficient (Wildman–Crippen LogP) is 2.41. The number of carbonyl (C=O) groups excluding carboxylic acids is 2. The van der Waals surface area contributed by atoms with Gasteiger partial charge in [-0.05, 0) is 30.9 Å². The highest BCUT2D eigenvalue weighted by Crippen LogP contribution is 2.19. The lowest BCUT2D eigenvalue weighted by molar-refractivity contribution is -0.385. The molecule has 0 unspecified atom stereocenters. The Morgan fingerprint density at radius 2 is 2.00 bits per heavy atom. The summed E-state index contributed by atoms with van der Waals surface area (Å²) in [7, 11) is 0. The van der Waals surface area contributed by atoms with Crippen LogP contribution in [-0.2, 0) is 14.3 Å². The SMILES string of the molecule is CC1CCN(C(=O)COC(=O)/C=C/c2ccccc2[N+](=O)[O-])CC1. The molecule has 0 aliphatic carbocycles. The first-order chi connectivity index (χ1) is 11.5. The molecule has 1 aromatic carbocycles. The number of hydrogen-bond donors (Lipinski definition) is 0. The molecule has 128 valence electrons. The highest BCUT2D eigenvalue weighted by molar-refractivity contribution is 5.89. The van der Waals surface area contributed by atoms with Gasteiger partial charge in [0.05, 0.1) is 10.5 Å². The molecular weight excluding hydrogens is 312 g/mol. The zero-order chi connectivity index (χ0) is 17.5. The number of amides is 1. The topological polar surface area (TPSA) is 89.8 Å². The molecule has 1 aromatic rings. The number of rotatable bonds is 5. The van der Waals surface area contributed by atoms with Crippen LogP contribution in [0.25, 0.3) is 6.08 Å². The molecule has 0 aromatic heterocycles. The number of carbonyl (C=O) groups is 2. The standard InChI is InChI=1S/C17H20N2O5/c1-13-8-10-18(11-9-13)16(20)12-24-17(21)7-6-14-4-2-3-5-15(14)19(22)23/h2-7,13H,8-12H2,1H3/b7-6+. The van der Waals surface area contributed by atoms with Crippen LogP contribution in [0.15, 0.2) is 30.3 Å². The molecule has 0 bridgehead atoms. The van der Waals surface area contributed by atoms with Crippen LogP contribution in [0.2, 0.25) is 0 Å². The molecule has 0 spiro atoms.